The normalized spacial score (nSPS) is 17.0. The fourth-order valence-electron chi connectivity index (χ4n) is 2.89. The second-order valence-electron chi connectivity index (χ2n) is 6.46. The standard InChI is InChI=1S/C18H25N5O2/c1-11-9-13-14(10-12(11)2)22-18(23-16(13)19)21-7-4-6-20-17(24)15-5-3-8-25-15/h9-10,15H,3-8H2,1-2H3,(H,20,24)(H3,19,21,22,23). The monoisotopic (exact) mass is 343 g/mol. The Labute approximate surface area is 147 Å². The summed E-state index contributed by atoms with van der Waals surface area (Å²) in [5.41, 5.74) is 9.24. The Morgan fingerprint density at radius 2 is 2.08 bits per heavy atom. The molecule has 2 heterocycles. The van der Waals surface area contributed by atoms with Gasteiger partial charge in [-0.15, -0.1) is 0 Å². The summed E-state index contributed by atoms with van der Waals surface area (Å²) >= 11 is 0. The SMILES string of the molecule is Cc1cc2nc(NCCCNC(=O)C3CCCO3)nc(N)c2cc1C. The fraction of sp³-hybridized carbons (Fsp3) is 0.500. The number of aromatic nitrogens is 2. The van der Waals surface area contributed by atoms with Crippen LogP contribution in [0.25, 0.3) is 10.9 Å². The molecule has 1 aromatic carbocycles. The van der Waals surface area contributed by atoms with Crippen molar-refractivity contribution in [3.8, 4) is 0 Å². The maximum atomic E-state index is 11.8. The Morgan fingerprint density at radius 3 is 2.84 bits per heavy atom. The number of carbonyl (C=O) groups excluding carboxylic acids is 1. The summed E-state index contributed by atoms with van der Waals surface area (Å²) in [4.78, 5) is 20.7. The van der Waals surface area contributed by atoms with Crippen molar-refractivity contribution in [2.24, 2.45) is 0 Å². The number of ether oxygens (including phenoxy) is 1. The molecule has 0 saturated carbocycles. The zero-order chi connectivity index (χ0) is 17.8. The number of nitrogen functional groups attached to an aromatic ring is 1. The minimum Gasteiger partial charge on any atom is -0.383 e. The second-order valence-corrected chi connectivity index (χ2v) is 6.46. The summed E-state index contributed by atoms with van der Waals surface area (Å²) in [6.07, 6.45) is 2.27. The molecule has 1 atom stereocenters. The zero-order valence-electron chi connectivity index (χ0n) is 14.8. The first kappa shape index (κ1) is 17.4. The number of aryl methyl sites for hydroxylation is 2. The highest BCUT2D eigenvalue weighted by atomic mass is 16.5. The lowest BCUT2D eigenvalue weighted by Crippen LogP contribution is -2.35. The average Bonchev–Trinajstić information content (AvgIpc) is 3.11. The average molecular weight is 343 g/mol. The van der Waals surface area contributed by atoms with Crippen LogP contribution in [0.3, 0.4) is 0 Å². The number of hydrogen-bond acceptors (Lipinski definition) is 6. The van der Waals surface area contributed by atoms with Crippen LogP contribution in [0.5, 0.6) is 0 Å². The number of nitrogens with zero attached hydrogens (tertiary/aromatic N) is 2. The van der Waals surface area contributed by atoms with E-state index < -0.39 is 0 Å². The Morgan fingerprint density at radius 1 is 1.28 bits per heavy atom. The molecular formula is C18H25N5O2. The van der Waals surface area contributed by atoms with Gasteiger partial charge in [0.25, 0.3) is 0 Å². The highest BCUT2D eigenvalue weighted by molar-refractivity contribution is 5.90. The second kappa shape index (κ2) is 7.65. The van der Waals surface area contributed by atoms with Crippen molar-refractivity contribution in [2.45, 2.75) is 39.2 Å². The van der Waals surface area contributed by atoms with Gasteiger partial charge >= 0.3 is 0 Å². The molecule has 7 nitrogen and oxygen atoms in total. The molecule has 0 radical (unpaired) electrons. The van der Waals surface area contributed by atoms with Crippen molar-refractivity contribution in [3.05, 3.63) is 23.3 Å². The number of nitrogens with one attached hydrogen (secondary N) is 2. The van der Waals surface area contributed by atoms with Crippen molar-refractivity contribution >= 4 is 28.6 Å². The summed E-state index contributed by atoms with van der Waals surface area (Å²) in [6.45, 7) is 6.02. The fourth-order valence-corrected chi connectivity index (χ4v) is 2.89. The van der Waals surface area contributed by atoms with Crippen molar-refractivity contribution in [3.63, 3.8) is 0 Å². The first-order valence-electron chi connectivity index (χ1n) is 8.72. The maximum Gasteiger partial charge on any atom is 0.249 e. The van der Waals surface area contributed by atoms with Crippen LogP contribution < -0.4 is 16.4 Å². The smallest absolute Gasteiger partial charge is 0.249 e. The van der Waals surface area contributed by atoms with Crippen molar-refractivity contribution in [2.75, 3.05) is 30.7 Å². The van der Waals surface area contributed by atoms with E-state index in [0.717, 1.165) is 30.2 Å². The first-order chi connectivity index (χ1) is 12.0. The van der Waals surface area contributed by atoms with Gasteiger partial charge in [-0.1, -0.05) is 0 Å². The molecule has 1 aromatic heterocycles. The molecule has 2 aromatic rings. The van der Waals surface area contributed by atoms with Gasteiger partial charge in [0.05, 0.1) is 5.52 Å². The van der Waals surface area contributed by atoms with Crippen LogP contribution in [0.15, 0.2) is 12.1 Å². The lowest BCUT2D eigenvalue weighted by atomic mass is 10.1. The Balaban J connectivity index is 1.51. The van der Waals surface area contributed by atoms with Crippen LogP contribution in [0, 0.1) is 13.8 Å². The number of anilines is 2. The van der Waals surface area contributed by atoms with E-state index in [-0.39, 0.29) is 12.0 Å². The third-order valence-electron chi connectivity index (χ3n) is 4.50. The van der Waals surface area contributed by atoms with E-state index in [1.54, 1.807) is 0 Å². The van der Waals surface area contributed by atoms with Crippen LogP contribution in [-0.4, -0.2) is 41.7 Å². The van der Waals surface area contributed by atoms with Crippen molar-refractivity contribution in [1.82, 2.24) is 15.3 Å². The van der Waals surface area contributed by atoms with Gasteiger partial charge in [-0.05, 0) is 56.4 Å². The third-order valence-corrected chi connectivity index (χ3v) is 4.50. The summed E-state index contributed by atoms with van der Waals surface area (Å²) in [5.74, 6) is 0.968. The molecule has 0 spiro atoms. The number of fused-ring (bicyclic) bond motifs is 1. The van der Waals surface area contributed by atoms with Gasteiger partial charge < -0.3 is 21.1 Å². The number of amides is 1. The molecular weight excluding hydrogens is 318 g/mol. The van der Waals surface area contributed by atoms with Gasteiger partial charge in [-0.2, -0.15) is 4.98 Å². The number of hydrogen-bond donors (Lipinski definition) is 3. The molecule has 134 valence electrons. The Kier molecular flexibility index (Phi) is 5.33. The molecule has 1 aliphatic heterocycles. The van der Waals surface area contributed by atoms with Crippen LogP contribution in [0.1, 0.15) is 30.4 Å². The number of carbonyl (C=O) groups is 1. The van der Waals surface area contributed by atoms with Gasteiger partial charge in [-0.3, -0.25) is 4.79 Å². The molecule has 4 N–H and O–H groups in total. The minimum atomic E-state index is -0.275. The summed E-state index contributed by atoms with van der Waals surface area (Å²) in [5, 5.41) is 6.94. The summed E-state index contributed by atoms with van der Waals surface area (Å²) in [6, 6.07) is 4.04. The van der Waals surface area contributed by atoms with Crippen LogP contribution in [0.2, 0.25) is 0 Å². The largest absolute Gasteiger partial charge is 0.383 e. The van der Waals surface area contributed by atoms with E-state index in [9.17, 15) is 4.79 Å². The Bertz CT molecular complexity index is 772. The topological polar surface area (TPSA) is 102 Å². The predicted molar refractivity (Wildman–Crippen MR) is 98.5 cm³/mol. The highest BCUT2D eigenvalue weighted by Crippen LogP contribution is 2.23. The molecule has 1 aliphatic rings. The quantitative estimate of drug-likeness (QED) is 0.693. The molecule has 0 bridgehead atoms. The number of rotatable bonds is 6. The van der Waals surface area contributed by atoms with E-state index in [1.807, 2.05) is 19.1 Å². The molecule has 3 rings (SSSR count). The van der Waals surface area contributed by atoms with Crippen LogP contribution in [-0.2, 0) is 9.53 Å². The Hall–Kier alpha value is -2.41. The van der Waals surface area contributed by atoms with Gasteiger partial charge in [0.15, 0.2) is 0 Å². The molecule has 0 aliphatic carbocycles. The lowest BCUT2D eigenvalue weighted by molar-refractivity contribution is -0.130. The molecule has 1 amide bonds. The minimum absolute atomic E-state index is 0.0189. The molecule has 1 unspecified atom stereocenters. The van der Waals surface area contributed by atoms with E-state index in [4.69, 9.17) is 10.5 Å². The maximum absolute atomic E-state index is 11.8. The van der Waals surface area contributed by atoms with Gasteiger partial charge in [-0.25, -0.2) is 4.98 Å². The number of benzene rings is 1. The predicted octanol–water partition coefficient (Wildman–Crippen LogP) is 1.93. The van der Waals surface area contributed by atoms with E-state index in [0.29, 0.717) is 31.5 Å². The number of nitrogens with two attached hydrogens (primary N) is 1. The first-order valence-corrected chi connectivity index (χ1v) is 8.72. The third kappa shape index (κ3) is 4.17. The van der Waals surface area contributed by atoms with Crippen LogP contribution >= 0.6 is 0 Å². The molecule has 7 heteroatoms. The van der Waals surface area contributed by atoms with E-state index in [1.165, 1.54) is 11.1 Å². The van der Waals surface area contributed by atoms with Gasteiger partial charge in [0, 0.05) is 25.1 Å². The highest BCUT2D eigenvalue weighted by Gasteiger charge is 2.22. The summed E-state index contributed by atoms with van der Waals surface area (Å²) in [7, 11) is 0. The van der Waals surface area contributed by atoms with E-state index in [2.05, 4.69) is 27.5 Å². The molecule has 1 fully saturated rings. The van der Waals surface area contributed by atoms with E-state index >= 15 is 0 Å². The summed E-state index contributed by atoms with van der Waals surface area (Å²) < 4.78 is 5.35. The van der Waals surface area contributed by atoms with Gasteiger partial charge in [0.1, 0.15) is 11.9 Å². The molecule has 25 heavy (non-hydrogen) atoms. The van der Waals surface area contributed by atoms with Crippen molar-refractivity contribution in [1.29, 1.82) is 0 Å². The van der Waals surface area contributed by atoms with Gasteiger partial charge in [0.2, 0.25) is 11.9 Å². The van der Waals surface area contributed by atoms with Crippen LogP contribution in [0.4, 0.5) is 11.8 Å². The lowest BCUT2D eigenvalue weighted by Gasteiger charge is -2.11. The molecule has 1 saturated heterocycles. The van der Waals surface area contributed by atoms with Crippen molar-refractivity contribution < 1.29 is 9.53 Å². The zero-order valence-corrected chi connectivity index (χ0v) is 14.8.